The van der Waals surface area contributed by atoms with Crippen molar-refractivity contribution in [3.05, 3.63) is 22.2 Å². The largest absolute Gasteiger partial charge is 0.493 e. The maximum Gasteiger partial charge on any atom is 0.161 e. The molecule has 2 aliphatic heterocycles. The highest BCUT2D eigenvalue weighted by Gasteiger charge is 2.34. The first-order chi connectivity index (χ1) is 10.2. The van der Waals surface area contributed by atoms with E-state index < -0.39 is 0 Å². The molecule has 2 aliphatic rings. The first-order valence-corrected chi connectivity index (χ1v) is 8.36. The van der Waals surface area contributed by atoms with Crippen LogP contribution in [0, 0.1) is 5.92 Å². The van der Waals surface area contributed by atoms with Crippen LogP contribution in [0.5, 0.6) is 11.5 Å². The minimum atomic E-state index is 0.678. The molecule has 0 radical (unpaired) electrons. The molecule has 116 valence electrons. The highest BCUT2D eigenvalue weighted by molar-refractivity contribution is 9.10. The van der Waals surface area contributed by atoms with E-state index in [2.05, 4.69) is 32.2 Å². The van der Waals surface area contributed by atoms with Crippen molar-refractivity contribution in [3.8, 4) is 11.5 Å². The predicted molar refractivity (Wildman–Crippen MR) is 87.0 cm³/mol. The molecule has 2 heterocycles. The summed E-state index contributed by atoms with van der Waals surface area (Å²) in [5, 5.41) is 3.65. The lowest BCUT2D eigenvalue weighted by atomic mass is 9.94. The van der Waals surface area contributed by atoms with Crippen molar-refractivity contribution in [3.63, 3.8) is 0 Å². The highest BCUT2D eigenvalue weighted by Crippen LogP contribution is 2.35. The van der Waals surface area contributed by atoms with E-state index in [9.17, 15) is 0 Å². The van der Waals surface area contributed by atoms with E-state index in [-0.39, 0.29) is 0 Å². The van der Waals surface area contributed by atoms with Crippen LogP contribution in [0.25, 0.3) is 0 Å². The average molecular weight is 355 g/mol. The topological polar surface area (TPSA) is 33.7 Å². The lowest BCUT2D eigenvalue weighted by Crippen LogP contribution is -2.40. The van der Waals surface area contributed by atoms with E-state index in [4.69, 9.17) is 9.47 Å². The highest BCUT2D eigenvalue weighted by atomic mass is 79.9. The van der Waals surface area contributed by atoms with Gasteiger partial charge in [-0.05, 0) is 43.0 Å². The van der Waals surface area contributed by atoms with Crippen LogP contribution in [-0.4, -0.2) is 44.8 Å². The predicted octanol–water partition coefficient (Wildman–Crippen LogP) is 2.65. The van der Waals surface area contributed by atoms with E-state index in [1.54, 1.807) is 14.2 Å². The molecule has 0 spiro atoms. The molecule has 21 heavy (non-hydrogen) atoms. The van der Waals surface area contributed by atoms with Crippen LogP contribution in [-0.2, 0) is 6.54 Å². The van der Waals surface area contributed by atoms with E-state index in [0.29, 0.717) is 6.04 Å². The number of hydrogen-bond acceptors (Lipinski definition) is 4. The molecular formula is C16H23BrN2O2. The van der Waals surface area contributed by atoms with Crippen molar-refractivity contribution in [2.45, 2.75) is 25.4 Å². The smallest absolute Gasteiger partial charge is 0.161 e. The third kappa shape index (κ3) is 3.20. The Morgan fingerprint density at radius 3 is 2.71 bits per heavy atom. The number of likely N-dealkylation sites (tertiary alicyclic amines) is 1. The molecule has 0 aliphatic carbocycles. The van der Waals surface area contributed by atoms with Gasteiger partial charge in [-0.25, -0.2) is 0 Å². The van der Waals surface area contributed by atoms with Gasteiger partial charge in [0.2, 0.25) is 0 Å². The average Bonchev–Trinajstić information content (AvgIpc) is 2.91. The first-order valence-electron chi connectivity index (χ1n) is 7.57. The van der Waals surface area contributed by atoms with Gasteiger partial charge in [0.05, 0.1) is 14.2 Å². The molecule has 4 nitrogen and oxygen atoms in total. The second-order valence-electron chi connectivity index (χ2n) is 5.96. The van der Waals surface area contributed by atoms with Gasteiger partial charge in [0.25, 0.3) is 0 Å². The van der Waals surface area contributed by atoms with Gasteiger partial charge in [0.1, 0.15) is 0 Å². The zero-order valence-electron chi connectivity index (χ0n) is 12.7. The van der Waals surface area contributed by atoms with Crippen molar-refractivity contribution in [1.29, 1.82) is 0 Å². The number of nitrogens with one attached hydrogen (secondary N) is 1. The Balaban J connectivity index is 1.73. The van der Waals surface area contributed by atoms with Crippen LogP contribution in [0.4, 0.5) is 0 Å². The van der Waals surface area contributed by atoms with Crippen molar-refractivity contribution < 1.29 is 9.47 Å². The lowest BCUT2D eigenvalue weighted by Gasteiger charge is -2.24. The summed E-state index contributed by atoms with van der Waals surface area (Å²) in [4.78, 5) is 2.54. The number of hydrogen-bond donors (Lipinski definition) is 1. The molecule has 0 aromatic heterocycles. The normalized spacial score (nSPS) is 25.7. The van der Waals surface area contributed by atoms with Gasteiger partial charge in [-0.3, -0.25) is 4.90 Å². The summed E-state index contributed by atoms with van der Waals surface area (Å²) >= 11 is 3.66. The molecule has 0 amide bonds. The fourth-order valence-electron chi connectivity index (χ4n) is 3.52. The minimum Gasteiger partial charge on any atom is -0.493 e. The van der Waals surface area contributed by atoms with Gasteiger partial charge in [0.15, 0.2) is 11.5 Å². The first kappa shape index (κ1) is 15.1. The van der Waals surface area contributed by atoms with Crippen LogP contribution in [0.3, 0.4) is 0 Å². The van der Waals surface area contributed by atoms with E-state index in [1.807, 2.05) is 6.07 Å². The van der Waals surface area contributed by atoms with Crippen molar-refractivity contribution in [1.82, 2.24) is 10.2 Å². The monoisotopic (exact) mass is 354 g/mol. The van der Waals surface area contributed by atoms with Crippen molar-refractivity contribution in [2.75, 3.05) is 33.9 Å². The third-order valence-corrected chi connectivity index (χ3v) is 5.36. The van der Waals surface area contributed by atoms with Crippen LogP contribution < -0.4 is 14.8 Å². The summed E-state index contributed by atoms with van der Waals surface area (Å²) in [5.41, 5.74) is 1.26. The second-order valence-corrected chi connectivity index (χ2v) is 6.81. The number of piperidine rings is 1. The van der Waals surface area contributed by atoms with Gasteiger partial charge in [0, 0.05) is 30.1 Å². The summed E-state index contributed by atoms with van der Waals surface area (Å²) in [6.07, 6.45) is 2.68. The zero-order valence-corrected chi connectivity index (χ0v) is 14.3. The Morgan fingerprint density at radius 2 is 2.00 bits per heavy atom. The minimum absolute atomic E-state index is 0.678. The third-order valence-electron chi connectivity index (χ3n) is 4.62. The fourth-order valence-corrected chi connectivity index (χ4v) is 3.97. The van der Waals surface area contributed by atoms with E-state index in [0.717, 1.165) is 35.0 Å². The Morgan fingerprint density at radius 1 is 1.24 bits per heavy atom. The molecule has 0 bridgehead atoms. The SMILES string of the molecule is COc1cc(Br)c(CN2C[C@@H]3CCCN[C@@H]3C2)cc1OC. The fraction of sp³-hybridized carbons (Fsp3) is 0.625. The number of methoxy groups -OCH3 is 2. The molecule has 0 unspecified atom stereocenters. The van der Waals surface area contributed by atoms with Crippen LogP contribution in [0.15, 0.2) is 16.6 Å². The number of benzene rings is 1. The number of ether oxygens (including phenoxy) is 2. The molecule has 3 rings (SSSR count). The molecule has 2 saturated heterocycles. The number of nitrogens with zero attached hydrogens (tertiary/aromatic N) is 1. The summed E-state index contributed by atoms with van der Waals surface area (Å²) in [5.74, 6) is 2.38. The zero-order chi connectivity index (χ0) is 14.8. The Bertz CT molecular complexity index is 495. The molecular weight excluding hydrogens is 332 g/mol. The van der Waals surface area contributed by atoms with Gasteiger partial charge < -0.3 is 14.8 Å². The van der Waals surface area contributed by atoms with Gasteiger partial charge >= 0.3 is 0 Å². The van der Waals surface area contributed by atoms with Gasteiger partial charge in [-0.1, -0.05) is 15.9 Å². The van der Waals surface area contributed by atoms with E-state index in [1.165, 1.54) is 31.5 Å². The molecule has 1 aromatic rings. The number of halogens is 1. The molecule has 1 N–H and O–H groups in total. The summed E-state index contributed by atoms with van der Waals surface area (Å²) in [7, 11) is 3.35. The summed E-state index contributed by atoms with van der Waals surface area (Å²) in [6.45, 7) is 4.47. The van der Waals surface area contributed by atoms with Gasteiger partial charge in [-0.2, -0.15) is 0 Å². The summed E-state index contributed by atoms with van der Waals surface area (Å²) in [6, 6.07) is 4.76. The summed E-state index contributed by atoms with van der Waals surface area (Å²) < 4.78 is 11.8. The number of rotatable bonds is 4. The van der Waals surface area contributed by atoms with Crippen LogP contribution >= 0.6 is 15.9 Å². The Hall–Kier alpha value is -0.780. The molecule has 1 aromatic carbocycles. The van der Waals surface area contributed by atoms with Gasteiger partial charge in [-0.15, -0.1) is 0 Å². The second kappa shape index (κ2) is 6.55. The van der Waals surface area contributed by atoms with Crippen molar-refractivity contribution >= 4 is 15.9 Å². The lowest BCUT2D eigenvalue weighted by molar-refractivity contribution is 0.310. The molecule has 0 saturated carbocycles. The molecule has 2 atom stereocenters. The maximum atomic E-state index is 5.41. The van der Waals surface area contributed by atoms with Crippen molar-refractivity contribution in [2.24, 2.45) is 5.92 Å². The quantitative estimate of drug-likeness (QED) is 0.901. The maximum absolute atomic E-state index is 5.41. The number of fused-ring (bicyclic) bond motifs is 1. The Labute approximate surface area is 134 Å². The Kier molecular flexibility index (Phi) is 4.72. The van der Waals surface area contributed by atoms with E-state index >= 15 is 0 Å². The standard InChI is InChI=1S/C16H23BrN2O2/c1-20-15-6-12(13(17)7-16(15)21-2)9-19-8-11-4-3-5-18-14(11)10-19/h6-7,11,14,18H,3-5,8-10H2,1-2H3/t11-,14+/m0/s1. The molecule has 2 fully saturated rings. The van der Waals surface area contributed by atoms with Crippen LogP contribution in [0.2, 0.25) is 0 Å². The van der Waals surface area contributed by atoms with Crippen LogP contribution in [0.1, 0.15) is 18.4 Å². The molecule has 5 heteroatoms.